The molecule has 0 saturated heterocycles. The second kappa shape index (κ2) is 6.73. The summed E-state index contributed by atoms with van der Waals surface area (Å²) in [5.74, 6) is 0.0764. The van der Waals surface area contributed by atoms with Crippen molar-refractivity contribution in [3.63, 3.8) is 0 Å². The van der Waals surface area contributed by atoms with Crippen molar-refractivity contribution < 1.29 is 17.3 Å². The van der Waals surface area contributed by atoms with Gasteiger partial charge in [0.05, 0.1) is 11.4 Å². The Morgan fingerprint density at radius 2 is 1.88 bits per heavy atom. The van der Waals surface area contributed by atoms with E-state index in [1.54, 1.807) is 6.92 Å². The normalized spacial score (nSPS) is 11.8. The van der Waals surface area contributed by atoms with Gasteiger partial charge in [-0.3, -0.25) is 0 Å². The Bertz CT molecular complexity index is 987. The Kier molecular flexibility index (Phi) is 4.65. The molecule has 0 unspecified atom stereocenters. The number of hydrogen-bond acceptors (Lipinski definition) is 5. The molecule has 0 saturated carbocycles. The molecule has 0 radical (unpaired) electrons. The lowest BCUT2D eigenvalue weighted by molar-refractivity contribution is 0.336. The Morgan fingerprint density at radius 1 is 1.16 bits per heavy atom. The molecule has 1 heterocycles. The van der Waals surface area contributed by atoms with Crippen molar-refractivity contribution in [2.45, 2.75) is 18.4 Å². The van der Waals surface area contributed by atoms with E-state index in [9.17, 15) is 12.8 Å². The molecule has 8 heteroatoms. The maximum absolute atomic E-state index is 13.2. The predicted octanol–water partition coefficient (Wildman–Crippen LogP) is 3.00. The molecule has 0 bridgehead atoms. The summed E-state index contributed by atoms with van der Waals surface area (Å²) < 4.78 is 44.8. The summed E-state index contributed by atoms with van der Waals surface area (Å²) in [5.41, 5.74) is 1.11. The Morgan fingerprint density at radius 3 is 2.56 bits per heavy atom. The summed E-state index contributed by atoms with van der Waals surface area (Å²) in [6.45, 7) is 1.46. The van der Waals surface area contributed by atoms with E-state index in [0.717, 1.165) is 15.9 Å². The van der Waals surface area contributed by atoms with Gasteiger partial charge in [0.2, 0.25) is 21.7 Å². The van der Waals surface area contributed by atoms with E-state index in [1.807, 2.05) is 30.3 Å². The van der Waals surface area contributed by atoms with Crippen molar-refractivity contribution in [1.29, 1.82) is 0 Å². The summed E-state index contributed by atoms with van der Waals surface area (Å²) in [6, 6.07) is 12.8. The fraction of sp³-hybridized carbons (Fsp3) is 0.176. The van der Waals surface area contributed by atoms with Crippen LogP contribution >= 0.6 is 0 Å². The van der Waals surface area contributed by atoms with Crippen LogP contribution in [-0.4, -0.2) is 29.9 Å². The standard InChI is InChI=1S/C17H16FN3O3S/c1-12-10-14(18)8-9-15(12)25(22,23)21(2)11-16-19-17(20-24-16)13-6-4-3-5-7-13/h3-10H,11H2,1-2H3. The van der Waals surface area contributed by atoms with Crippen LogP contribution in [0, 0.1) is 12.7 Å². The van der Waals surface area contributed by atoms with Crippen LogP contribution in [0.15, 0.2) is 57.9 Å². The molecule has 0 N–H and O–H groups in total. The van der Waals surface area contributed by atoms with Gasteiger partial charge in [0, 0.05) is 12.6 Å². The Balaban J connectivity index is 1.82. The van der Waals surface area contributed by atoms with Crippen molar-refractivity contribution in [2.24, 2.45) is 0 Å². The van der Waals surface area contributed by atoms with E-state index in [4.69, 9.17) is 4.52 Å². The zero-order valence-corrected chi connectivity index (χ0v) is 14.5. The lowest BCUT2D eigenvalue weighted by atomic mass is 10.2. The van der Waals surface area contributed by atoms with Gasteiger partial charge in [0.1, 0.15) is 5.82 Å². The number of aromatic nitrogens is 2. The average Bonchev–Trinajstić information content (AvgIpc) is 3.04. The number of sulfonamides is 1. The first-order valence-electron chi connectivity index (χ1n) is 7.48. The molecule has 0 fully saturated rings. The van der Waals surface area contributed by atoms with Crippen LogP contribution < -0.4 is 0 Å². The van der Waals surface area contributed by atoms with Crippen molar-refractivity contribution in [3.05, 3.63) is 65.8 Å². The second-order valence-electron chi connectivity index (χ2n) is 5.55. The lowest BCUT2D eigenvalue weighted by Gasteiger charge is -2.16. The van der Waals surface area contributed by atoms with Crippen LogP contribution in [0.1, 0.15) is 11.5 Å². The summed E-state index contributed by atoms with van der Waals surface area (Å²) in [4.78, 5) is 4.26. The van der Waals surface area contributed by atoms with Gasteiger partial charge in [0.25, 0.3) is 0 Å². The third kappa shape index (κ3) is 3.59. The summed E-state index contributed by atoms with van der Waals surface area (Å²) in [6.07, 6.45) is 0. The number of hydrogen-bond donors (Lipinski definition) is 0. The molecule has 25 heavy (non-hydrogen) atoms. The van der Waals surface area contributed by atoms with E-state index in [0.29, 0.717) is 11.4 Å². The van der Waals surface area contributed by atoms with Gasteiger partial charge in [0.15, 0.2) is 0 Å². The van der Waals surface area contributed by atoms with Crippen LogP contribution in [0.3, 0.4) is 0 Å². The molecule has 130 valence electrons. The van der Waals surface area contributed by atoms with Gasteiger partial charge in [-0.1, -0.05) is 35.5 Å². The van der Waals surface area contributed by atoms with Gasteiger partial charge >= 0.3 is 0 Å². The minimum Gasteiger partial charge on any atom is -0.338 e. The first-order valence-corrected chi connectivity index (χ1v) is 8.92. The van der Waals surface area contributed by atoms with Crippen molar-refractivity contribution in [3.8, 4) is 11.4 Å². The van der Waals surface area contributed by atoms with E-state index in [2.05, 4.69) is 10.1 Å². The SMILES string of the molecule is Cc1cc(F)ccc1S(=O)(=O)N(C)Cc1nc(-c2ccccc2)no1. The van der Waals surface area contributed by atoms with E-state index < -0.39 is 15.8 Å². The van der Waals surface area contributed by atoms with E-state index >= 15 is 0 Å². The van der Waals surface area contributed by atoms with Crippen LogP contribution in [0.4, 0.5) is 4.39 Å². The topological polar surface area (TPSA) is 76.3 Å². The maximum atomic E-state index is 13.2. The first-order chi connectivity index (χ1) is 11.9. The highest BCUT2D eigenvalue weighted by atomic mass is 32.2. The third-order valence-electron chi connectivity index (χ3n) is 3.68. The maximum Gasteiger partial charge on any atom is 0.243 e. The zero-order chi connectivity index (χ0) is 18.0. The number of benzene rings is 2. The molecule has 0 aliphatic rings. The molecule has 0 amide bonds. The summed E-state index contributed by atoms with van der Waals surface area (Å²) in [5, 5.41) is 3.87. The summed E-state index contributed by atoms with van der Waals surface area (Å²) >= 11 is 0. The molecule has 6 nitrogen and oxygen atoms in total. The van der Waals surface area contributed by atoms with Crippen molar-refractivity contribution >= 4 is 10.0 Å². The predicted molar refractivity (Wildman–Crippen MR) is 89.5 cm³/mol. The molecule has 3 aromatic rings. The molecule has 0 aliphatic heterocycles. The molecular formula is C17H16FN3O3S. The Labute approximate surface area is 145 Å². The number of nitrogens with zero attached hydrogens (tertiary/aromatic N) is 3. The van der Waals surface area contributed by atoms with Crippen LogP contribution in [0.25, 0.3) is 11.4 Å². The number of rotatable bonds is 5. The monoisotopic (exact) mass is 361 g/mol. The number of aryl methyl sites for hydroxylation is 1. The smallest absolute Gasteiger partial charge is 0.243 e. The van der Waals surface area contributed by atoms with Crippen LogP contribution in [0.2, 0.25) is 0 Å². The van der Waals surface area contributed by atoms with Crippen LogP contribution in [0.5, 0.6) is 0 Å². The molecule has 0 aliphatic carbocycles. The molecular weight excluding hydrogens is 345 g/mol. The van der Waals surface area contributed by atoms with E-state index in [-0.39, 0.29) is 17.3 Å². The van der Waals surface area contributed by atoms with Crippen molar-refractivity contribution in [1.82, 2.24) is 14.4 Å². The van der Waals surface area contributed by atoms with Gasteiger partial charge in [-0.25, -0.2) is 12.8 Å². The van der Waals surface area contributed by atoms with Crippen molar-refractivity contribution in [2.75, 3.05) is 7.05 Å². The highest BCUT2D eigenvalue weighted by Crippen LogP contribution is 2.22. The molecule has 0 atom stereocenters. The first kappa shape index (κ1) is 17.2. The quantitative estimate of drug-likeness (QED) is 0.698. The summed E-state index contributed by atoms with van der Waals surface area (Å²) in [7, 11) is -2.39. The fourth-order valence-electron chi connectivity index (χ4n) is 2.37. The van der Waals surface area contributed by atoms with Crippen LogP contribution in [-0.2, 0) is 16.6 Å². The average molecular weight is 361 g/mol. The van der Waals surface area contributed by atoms with E-state index in [1.165, 1.54) is 19.2 Å². The second-order valence-corrected chi connectivity index (χ2v) is 7.56. The van der Waals surface area contributed by atoms with Gasteiger partial charge in [-0.2, -0.15) is 9.29 Å². The third-order valence-corrected chi connectivity index (χ3v) is 5.65. The highest BCUT2D eigenvalue weighted by Gasteiger charge is 2.25. The molecule has 3 rings (SSSR count). The van der Waals surface area contributed by atoms with Gasteiger partial charge in [-0.15, -0.1) is 0 Å². The minimum absolute atomic E-state index is 0.0409. The highest BCUT2D eigenvalue weighted by molar-refractivity contribution is 7.89. The Hall–Kier alpha value is -2.58. The molecule has 1 aromatic heterocycles. The molecule has 2 aromatic carbocycles. The number of halogens is 1. The molecule has 0 spiro atoms. The van der Waals surface area contributed by atoms with Gasteiger partial charge < -0.3 is 4.52 Å². The zero-order valence-electron chi connectivity index (χ0n) is 13.7. The minimum atomic E-state index is -3.80. The lowest BCUT2D eigenvalue weighted by Crippen LogP contribution is -2.27. The largest absolute Gasteiger partial charge is 0.338 e. The van der Waals surface area contributed by atoms with Gasteiger partial charge in [-0.05, 0) is 30.7 Å². The fourth-order valence-corrected chi connectivity index (χ4v) is 3.69.